The molecule has 120 valence electrons. The van der Waals surface area contributed by atoms with Crippen molar-refractivity contribution < 1.29 is 9.26 Å². The van der Waals surface area contributed by atoms with Crippen LogP contribution in [0.15, 0.2) is 4.52 Å². The van der Waals surface area contributed by atoms with Crippen LogP contribution in [0.5, 0.6) is 0 Å². The van der Waals surface area contributed by atoms with E-state index in [2.05, 4.69) is 24.0 Å². The summed E-state index contributed by atoms with van der Waals surface area (Å²) in [5.74, 6) is 1.58. The van der Waals surface area contributed by atoms with Gasteiger partial charge in [-0.3, -0.25) is 0 Å². The molecule has 0 aliphatic heterocycles. The van der Waals surface area contributed by atoms with Gasteiger partial charge in [0.05, 0.1) is 5.92 Å². The third-order valence-corrected chi connectivity index (χ3v) is 4.80. The topological polar surface area (TPSA) is 74.2 Å². The molecule has 1 aliphatic carbocycles. The molecule has 2 atom stereocenters. The van der Waals surface area contributed by atoms with Crippen LogP contribution < -0.4 is 5.73 Å². The molecule has 1 fully saturated rings. The van der Waals surface area contributed by atoms with E-state index in [0.29, 0.717) is 18.3 Å². The molecule has 0 radical (unpaired) electrons. The standard InChI is InChI=1S/C16H29N3O2/c1-4-16(5-2,20-6-3)15-18-14(21-19-15)12-10-8-7-9-11-13(12)17/h12-13H,4-11,17H2,1-3H3. The van der Waals surface area contributed by atoms with Crippen molar-refractivity contribution in [1.82, 2.24) is 10.1 Å². The van der Waals surface area contributed by atoms with Crippen molar-refractivity contribution >= 4 is 0 Å². The van der Waals surface area contributed by atoms with Gasteiger partial charge in [-0.1, -0.05) is 38.3 Å². The minimum Gasteiger partial charge on any atom is -0.367 e. The summed E-state index contributed by atoms with van der Waals surface area (Å²) in [5, 5.41) is 4.22. The number of rotatable bonds is 6. The SMILES string of the molecule is CCOC(CC)(CC)c1noc(C2CCCCCC2N)n1. The first kappa shape index (κ1) is 16.4. The summed E-state index contributed by atoms with van der Waals surface area (Å²) < 4.78 is 11.5. The second kappa shape index (κ2) is 7.36. The normalized spacial score (nSPS) is 24.0. The average Bonchev–Trinajstić information content (AvgIpc) is 2.89. The highest BCUT2D eigenvalue weighted by molar-refractivity contribution is 5.05. The fraction of sp³-hybridized carbons (Fsp3) is 0.875. The predicted molar refractivity (Wildman–Crippen MR) is 82.0 cm³/mol. The van der Waals surface area contributed by atoms with Crippen molar-refractivity contribution in [2.75, 3.05) is 6.61 Å². The van der Waals surface area contributed by atoms with E-state index in [4.69, 9.17) is 15.0 Å². The summed E-state index contributed by atoms with van der Waals surface area (Å²) in [6.07, 6.45) is 7.40. The molecule has 0 saturated heterocycles. The van der Waals surface area contributed by atoms with Gasteiger partial charge >= 0.3 is 0 Å². The molecular weight excluding hydrogens is 266 g/mol. The zero-order valence-electron chi connectivity index (χ0n) is 13.6. The average molecular weight is 295 g/mol. The number of aromatic nitrogens is 2. The van der Waals surface area contributed by atoms with Gasteiger partial charge in [-0.2, -0.15) is 4.98 Å². The molecule has 0 aromatic carbocycles. The maximum Gasteiger partial charge on any atom is 0.231 e. The Bertz CT molecular complexity index is 429. The Balaban J connectivity index is 2.23. The van der Waals surface area contributed by atoms with Crippen LogP contribution >= 0.6 is 0 Å². The lowest BCUT2D eigenvalue weighted by atomic mass is 9.94. The van der Waals surface area contributed by atoms with Crippen LogP contribution in [0.1, 0.15) is 83.3 Å². The van der Waals surface area contributed by atoms with E-state index in [0.717, 1.165) is 25.7 Å². The summed E-state index contributed by atoms with van der Waals surface area (Å²) in [6.45, 7) is 6.86. The van der Waals surface area contributed by atoms with Gasteiger partial charge in [0.2, 0.25) is 11.7 Å². The third kappa shape index (κ3) is 3.46. The van der Waals surface area contributed by atoms with Gasteiger partial charge in [-0.15, -0.1) is 0 Å². The molecule has 2 N–H and O–H groups in total. The second-order valence-electron chi connectivity index (χ2n) is 6.00. The first-order chi connectivity index (χ1) is 10.2. The van der Waals surface area contributed by atoms with E-state index in [1.54, 1.807) is 0 Å². The smallest absolute Gasteiger partial charge is 0.231 e. The Morgan fingerprint density at radius 2 is 1.90 bits per heavy atom. The third-order valence-electron chi connectivity index (χ3n) is 4.80. The number of ether oxygens (including phenoxy) is 1. The fourth-order valence-electron chi connectivity index (χ4n) is 3.33. The van der Waals surface area contributed by atoms with Crippen molar-refractivity contribution in [1.29, 1.82) is 0 Å². The Hall–Kier alpha value is -0.940. The van der Waals surface area contributed by atoms with E-state index >= 15 is 0 Å². The lowest BCUT2D eigenvalue weighted by Gasteiger charge is -2.27. The summed E-state index contributed by atoms with van der Waals surface area (Å²) in [4.78, 5) is 4.68. The summed E-state index contributed by atoms with van der Waals surface area (Å²) in [5.41, 5.74) is 5.87. The molecule has 0 spiro atoms. The molecule has 1 saturated carbocycles. The highest BCUT2D eigenvalue weighted by Gasteiger charge is 2.36. The molecule has 1 heterocycles. The van der Waals surface area contributed by atoms with Gasteiger partial charge in [0.25, 0.3) is 0 Å². The summed E-state index contributed by atoms with van der Waals surface area (Å²) >= 11 is 0. The van der Waals surface area contributed by atoms with Gasteiger partial charge < -0.3 is 15.0 Å². The molecule has 1 aliphatic rings. The number of nitrogens with two attached hydrogens (primary N) is 1. The van der Waals surface area contributed by atoms with E-state index in [-0.39, 0.29) is 12.0 Å². The Morgan fingerprint density at radius 1 is 1.19 bits per heavy atom. The monoisotopic (exact) mass is 295 g/mol. The zero-order chi connectivity index (χ0) is 15.3. The lowest BCUT2D eigenvalue weighted by Crippen LogP contribution is -2.30. The minimum atomic E-state index is -0.425. The molecular formula is C16H29N3O2. The molecule has 0 bridgehead atoms. The Morgan fingerprint density at radius 3 is 2.57 bits per heavy atom. The van der Waals surface area contributed by atoms with Crippen LogP contribution in [0.2, 0.25) is 0 Å². The van der Waals surface area contributed by atoms with Gasteiger partial charge in [0.15, 0.2) is 0 Å². The van der Waals surface area contributed by atoms with Crippen LogP contribution in [0.4, 0.5) is 0 Å². The second-order valence-corrected chi connectivity index (χ2v) is 6.00. The molecule has 5 nitrogen and oxygen atoms in total. The van der Waals surface area contributed by atoms with E-state index in [9.17, 15) is 0 Å². The van der Waals surface area contributed by atoms with E-state index in [1.807, 2.05) is 6.92 Å². The summed E-state index contributed by atoms with van der Waals surface area (Å²) in [6, 6.07) is 0.130. The maximum absolute atomic E-state index is 6.29. The number of hydrogen-bond acceptors (Lipinski definition) is 5. The quantitative estimate of drug-likeness (QED) is 0.813. The summed E-state index contributed by atoms with van der Waals surface area (Å²) in [7, 11) is 0. The van der Waals surface area contributed by atoms with Gasteiger partial charge in [-0.05, 0) is 32.6 Å². The molecule has 0 amide bonds. The number of hydrogen-bond donors (Lipinski definition) is 1. The number of nitrogens with zero attached hydrogens (tertiary/aromatic N) is 2. The minimum absolute atomic E-state index is 0.130. The molecule has 1 aromatic heterocycles. The van der Waals surface area contributed by atoms with Crippen molar-refractivity contribution in [3.63, 3.8) is 0 Å². The van der Waals surface area contributed by atoms with Crippen molar-refractivity contribution in [2.24, 2.45) is 5.73 Å². The lowest BCUT2D eigenvalue weighted by molar-refractivity contribution is -0.0583. The highest BCUT2D eigenvalue weighted by Crippen LogP contribution is 2.34. The van der Waals surface area contributed by atoms with E-state index < -0.39 is 5.60 Å². The van der Waals surface area contributed by atoms with Crippen molar-refractivity contribution in [3.05, 3.63) is 11.7 Å². The Kier molecular flexibility index (Phi) is 5.76. The van der Waals surface area contributed by atoms with Crippen LogP contribution in [0, 0.1) is 0 Å². The van der Waals surface area contributed by atoms with Gasteiger partial charge in [-0.25, -0.2) is 0 Å². The zero-order valence-corrected chi connectivity index (χ0v) is 13.6. The first-order valence-corrected chi connectivity index (χ1v) is 8.40. The predicted octanol–water partition coefficient (Wildman–Crippen LogP) is 3.50. The highest BCUT2D eigenvalue weighted by atomic mass is 16.5. The largest absolute Gasteiger partial charge is 0.367 e. The first-order valence-electron chi connectivity index (χ1n) is 8.40. The molecule has 21 heavy (non-hydrogen) atoms. The molecule has 2 rings (SSSR count). The van der Waals surface area contributed by atoms with E-state index in [1.165, 1.54) is 19.3 Å². The van der Waals surface area contributed by atoms with Crippen LogP contribution in [0.3, 0.4) is 0 Å². The Labute approximate surface area is 127 Å². The van der Waals surface area contributed by atoms with Crippen LogP contribution in [0.25, 0.3) is 0 Å². The van der Waals surface area contributed by atoms with Crippen LogP contribution in [-0.2, 0) is 10.3 Å². The van der Waals surface area contributed by atoms with Gasteiger partial charge in [0, 0.05) is 12.6 Å². The van der Waals surface area contributed by atoms with Crippen molar-refractivity contribution in [3.8, 4) is 0 Å². The van der Waals surface area contributed by atoms with Gasteiger partial charge in [0.1, 0.15) is 5.60 Å². The van der Waals surface area contributed by atoms with Crippen molar-refractivity contribution in [2.45, 2.75) is 83.3 Å². The molecule has 2 unspecified atom stereocenters. The van der Waals surface area contributed by atoms with Crippen LogP contribution in [-0.4, -0.2) is 22.8 Å². The molecule has 1 aromatic rings. The molecule has 5 heteroatoms. The fourth-order valence-corrected chi connectivity index (χ4v) is 3.33. The maximum atomic E-state index is 6.29.